The van der Waals surface area contributed by atoms with Crippen molar-refractivity contribution in [3.05, 3.63) is 83.4 Å². The van der Waals surface area contributed by atoms with E-state index >= 15 is 0 Å². The van der Waals surface area contributed by atoms with Gasteiger partial charge in [-0.1, -0.05) is 54.6 Å². The molecule has 4 rings (SSSR count). The molecule has 3 aromatic rings. The molecule has 0 aromatic heterocycles. The Balaban J connectivity index is 1.53. The number of ether oxygens (including phenoxy) is 1. The fourth-order valence-electron chi connectivity index (χ4n) is 3.69. The van der Waals surface area contributed by atoms with Crippen LogP contribution in [0, 0.1) is 6.92 Å². The fourth-order valence-corrected chi connectivity index (χ4v) is 4.42. The summed E-state index contributed by atoms with van der Waals surface area (Å²) in [5, 5.41) is 2.42. The molecule has 148 valence electrons. The lowest BCUT2D eigenvalue weighted by atomic mass is 9.98. The quantitative estimate of drug-likeness (QED) is 0.614. The van der Waals surface area contributed by atoms with Crippen molar-refractivity contribution in [2.24, 2.45) is 0 Å². The van der Waals surface area contributed by atoms with Gasteiger partial charge in [0.2, 0.25) is 0 Å². The normalized spacial score (nSPS) is 12.9. The number of benzene rings is 3. The summed E-state index contributed by atoms with van der Waals surface area (Å²) < 4.78 is 38.0. The number of aryl methyl sites for hydroxylation is 1. The van der Waals surface area contributed by atoms with Crippen molar-refractivity contribution in [3.8, 4) is 11.1 Å². The molecule has 0 saturated heterocycles. The molecule has 0 aliphatic heterocycles. The number of amides is 1. The molecule has 7 heteroatoms. The Labute approximate surface area is 168 Å². The molecule has 0 heterocycles. The average Bonchev–Trinajstić information content (AvgIpc) is 3.01. The smallest absolute Gasteiger partial charge is 0.411 e. The van der Waals surface area contributed by atoms with Crippen molar-refractivity contribution >= 4 is 21.9 Å². The van der Waals surface area contributed by atoms with Crippen LogP contribution in [0.4, 0.5) is 10.5 Å². The molecule has 1 aliphatic carbocycles. The van der Waals surface area contributed by atoms with Gasteiger partial charge in [-0.3, -0.25) is 9.87 Å². The molecule has 0 fully saturated rings. The number of anilines is 1. The fraction of sp³-hybridized carbons (Fsp3) is 0.136. The first-order valence-corrected chi connectivity index (χ1v) is 10.5. The third kappa shape index (κ3) is 3.74. The second kappa shape index (κ2) is 7.35. The Hall–Kier alpha value is -3.16. The Morgan fingerprint density at radius 3 is 2.17 bits per heavy atom. The van der Waals surface area contributed by atoms with Gasteiger partial charge in [0.15, 0.2) is 0 Å². The lowest BCUT2D eigenvalue weighted by molar-refractivity contribution is 0.158. The van der Waals surface area contributed by atoms with E-state index < -0.39 is 16.2 Å². The number of carbonyl (C=O) groups excluding carboxylic acids is 1. The molecule has 0 atom stereocenters. The standard InChI is InChI=1S/C22H19NO5S/c1-14-10-11-20(21(12-14)29(25,26)27)23-22(24)28-13-19-17-8-4-2-6-15(17)16-7-3-5-9-18(16)19/h2-12,19H,13H2,1H3,(H,23,24)(H,25,26,27). The highest BCUT2D eigenvalue weighted by Gasteiger charge is 2.29. The molecule has 1 amide bonds. The van der Waals surface area contributed by atoms with Crippen molar-refractivity contribution in [2.75, 3.05) is 11.9 Å². The molecule has 3 aromatic carbocycles. The van der Waals surface area contributed by atoms with E-state index in [1.54, 1.807) is 13.0 Å². The van der Waals surface area contributed by atoms with Gasteiger partial charge in [0.25, 0.3) is 10.1 Å². The van der Waals surface area contributed by atoms with E-state index in [4.69, 9.17) is 4.74 Å². The van der Waals surface area contributed by atoms with Crippen LogP contribution in [0.1, 0.15) is 22.6 Å². The van der Waals surface area contributed by atoms with Crippen molar-refractivity contribution in [1.82, 2.24) is 0 Å². The molecule has 0 saturated carbocycles. The Morgan fingerprint density at radius 1 is 1.00 bits per heavy atom. The number of hydrogen-bond acceptors (Lipinski definition) is 4. The van der Waals surface area contributed by atoms with Crippen LogP contribution in [0.5, 0.6) is 0 Å². The molecular weight excluding hydrogens is 390 g/mol. The minimum Gasteiger partial charge on any atom is -0.448 e. The Bertz CT molecular complexity index is 1160. The predicted molar refractivity (Wildman–Crippen MR) is 110 cm³/mol. The molecule has 6 nitrogen and oxygen atoms in total. The first-order valence-electron chi connectivity index (χ1n) is 9.05. The number of carbonyl (C=O) groups is 1. The Morgan fingerprint density at radius 2 is 1.59 bits per heavy atom. The zero-order valence-electron chi connectivity index (χ0n) is 15.6. The van der Waals surface area contributed by atoms with Gasteiger partial charge in [-0.25, -0.2) is 4.79 Å². The van der Waals surface area contributed by atoms with Crippen molar-refractivity contribution in [2.45, 2.75) is 17.7 Å². The summed E-state index contributed by atoms with van der Waals surface area (Å²) in [6, 6.07) is 20.3. The zero-order chi connectivity index (χ0) is 20.6. The Kier molecular flexibility index (Phi) is 4.86. The second-order valence-corrected chi connectivity index (χ2v) is 8.32. The molecule has 1 aliphatic rings. The highest BCUT2D eigenvalue weighted by molar-refractivity contribution is 7.86. The van der Waals surface area contributed by atoms with E-state index in [-0.39, 0.29) is 23.1 Å². The SMILES string of the molecule is Cc1ccc(NC(=O)OCC2c3ccccc3-c3ccccc32)c(S(=O)(=O)O)c1. The van der Waals surface area contributed by atoms with Gasteiger partial charge in [-0.15, -0.1) is 0 Å². The van der Waals surface area contributed by atoms with E-state index in [2.05, 4.69) is 5.32 Å². The molecular formula is C22H19NO5S. The molecule has 0 unspecified atom stereocenters. The summed E-state index contributed by atoms with van der Waals surface area (Å²) in [5.74, 6) is -0.104. The maximum absolute atomic E-state index is 12.3. The van der Waals surface area contributed by atoms with Crippen LogP contribution in [-0.2, 0) is 14.9 Å². The minimum atomic E-state index is -4.48. The maximum atomic E-state index is 12.3. The summed E-state index contributed by atoms with van der Waals surface area (Å²) in [4.78, 5) is 12.0. The zero-order valence-corrected chi connectivity index (χ0v) is 16.4. The van der Waals surface area contributed by atoms with Gasteiger partial charge in [0, 0.05) is 5.92 Å². The topological polar surface area (TPSA) is 92.7 Å². The van der Waals surface area contributed by atoms with E-state index in [1.165, 1.54) is 12.1 Å². The highest BCUT2D eigenvalue weighted by Crippen LogP contribution is 2.44. The van der Waals surface area contributed by atoms with Gasteiger partial charge >= 0.3 is 6.09 Å². The van der Waals surface area contributed by atoms with E-state index in [9.17, 15) is 17.8 Å². The van der Waals surface area contributed by atoms with E-state index in [1.807, 2.05) is 48.5 Å². The van der Waals surface area contributed by atoms with Crippen LogP contribution in [0.15, 0.2) is 71.6 Å². The second-order valence-electron chi connectivity index (χ2n) is 6.93. The van der Waals surface area contributed by atoms with Gasteiger partial charge in [0.1, 0.15) is 11.5 Å². The summed E-state index contributed by atoms with van der Waals surface area (Å²) >= 11 is 0. The van der Waals surface area contributed by atoms with E-state index in [0.29, 0.717) is 5.56 Å². The van der Waals surface area contributed by atoms with Gasteiger partial charge in [0.05, 0.1) is 5.69 Å². The predicted octanol–water partition coefficient (Wildman–Crippen LogP) is 4.60. The molecule has 0 radical (unpaired) electrons. The lowest BCUT2D eigenvalue weighted by Gasteiger charge is -2.15. The van der Waals surface area contributed by atoms with Crippen LogP contribution < -0.4 is 5.32 Å². The molecule has 0 bridgehead atoms. The van der Waals surface area contributed by atoms with Crippen LogP contribution in [0.3, 0.4) is 0 Å². The highest BCUT2D eigenvalue weighted by atomic mass is 32.2. The first-order chi connectivity index (χ1) is 13.8. The van der Waals surface area contributed by atoms with Crippen molar-refractivity contribution in [1.29, 1.82) is 0 Å². The van der Waals surface area contributed by atoms with Crippen molar-refractivity contribution < 1.29 is 22.5 Å². The lowest BCUT2D eigenvalue weighted by Crippen LogP contribution is -2.19. The van der Waals surface area contributed by atoms with Gasteiger partial charge in [-0.05, 0) is 46.9 Å². The molecule has 29 heavy (non-hydrogen) atoms. The van der Waals surface area contributed by atoms with Crippen LogP contribution in [0.2, 0.25) is 0 Å². The summed E-state index contributed by atoms with van der Waals surface area (Å²) in [7, 11) is -4.48. The maximum Gasteiger partial charge on any atom is 0.411 e. The number of nitrogens with one attached hydrogen (secondary N) is 1. The van der Waals surface area contributed by atoms with E-state index in [0.717, 1.165) is 22.3 Å². The van der Waals surface area contributed by atoms with Gasteiger partial charge in [-0.2, -0.15) is 8.42 Å². The number of hydrogen-bond donors (Lipinski definition) is 2. The third-order valence-electron chi connectivity index (χ3n) is 5.00. The monoisotopic (exact) mass is 409 g/mol. The van der Waals surface area contributed by atoms with Crippen LogP contribution in [-0.4, -0.2) is 25.7 Å². The molecule has 0 spiro atoms. The third-order valence-corrected chi connectivity index (χ3v) is 5.89. The average molecular weight is 409 g/mol. The van der Waals surface area contributed by atoms with Gasteiger partial charge < -0.3 is 4.74 Å². The van der Waals surface area contributed by atoms with Crippen molar-refractivity contribution in [3.63, 3.8) is 0 Å². The van der Waals surface area contributed by atoms with Crippen LogP contribution >= 0.6 is 0 Å². The largest absolute Gasteiger partial charge is 0.448 e. The summed E-state index contributed by atoms with van der Waals surface area (Å²) in [6.07, 6.45) is -0.791. The number of fused-ring (bicyclic) bond motifs is 3. The minimum absolute atomic E-state index is 0.0321. The molecule has 2 N–H and O–H groups in total. The summed E-state index contributed by atoms with van der Waals surface area (Å²) in [5.41, 5.74) is 4.99. The first kappa shape index (κ1) is 19.2. The summed E-state index contributed by atoms with van der Waals surface area (Å²) in [6.45, 7) is 1.79. The number of rotatable bonds is 4. The van der Waals surface area contributed by atoms with Crippen LogP contribution in [0.25, 0.3) is 11.1 Å².